The minimum absolute atomic E-state index is 0. The number of hydrogen-bond donors (Lipinski definition) is 2. The molecular formula is C19H28ClIN4O2. The van der Waals surface area contributed by atoms with Crippen LogP contribution in [-0.4, -0.2) is 56.7 Å². The Hall–Kier alpha value is -1.06. The van der Waals surface area contributed by atoms with Crippen LogP contribution in [0.2, 0.25) is 5.02 Å². The maximum atomic E-state index is 12.2. The average Bonchev–Trinajstić information content (AvgIpc) is 3.24. The molecule has 27 heavy (non-hydrogen) atoms. The summed E-state index contributed by atoms with van der Waals surface area (Å²) in [6.45, 7) is 6.16. The van der Waals surface area contributed by atoms with Crippen LogP contribution in [0.5, 0.6) is 0 Å². The van der Waals surface area contributed by atoms with Crippen molar-refractivity contribution in [3.05, 3.63) is 28.8 Å². The van der Waals surface area contributed by atoms with Gasteiger partial charge in [-0.15, -0.1) is 24.0 Å². The number of carbonyl (C=O) groups is 1. The molecule has 2 saturated heterocycles. The van der Waals surface area contributed by atoms with E-state index in [2.05, 4.69) is 20.5 Å². The fourth-order valence-electron chi connectivity index (χ4n) is 3.64. The Morgan fingerprint density at radius 2 is 2.22 bits per heavy atom. The van der Waals surface area contributed by atoms with Crippen molar-refractivity contribution in [3.63, 3.8) is 0 Å². The van der Waals surface area contributed by atoms with Gasteiger partial charge in [-0.25, -0.2) is 0 Å². The zero-order chi connectivity index (χ0) is 18.6. The minimum atomic E-state index is -0.0687. The number of rotatable bonds is 4. The maximum Gasteiger partial charge on any atom is 0.226 e. The number of hydrogen-bond acceptors (Lipinski definition) is 3. The lowest BCUT2D eigenvalue weighted by Gasteiger charge is -2.24. The molecule has 1 atom stereocenters. The molecule has 1 aromatic rings. The first-order valence-corrected chi connectivity index (χ1v) is 9.48. The lowest BCUT2D eigenvalue weighted by molar-refractivity contribution is -0.116. The second kappa shape index (κ2) is 9.93. The van der Waals surface area contributed by atoms with Crippen LogP contribution in [0.25, 0.3) is 0 Å². The van der Waals surface area contributed by atoms with E-state index >= 15 is 0 Å². The first kappa shape index (κ1) is 22.2. The Labute approximate surface area is 183 Å². The molecule has 1 aromatic carbocycles. The Balaban J connectivity index is 0.00000261. The van der Waals surface area contributed by atoms with Crippen molar-refractivity contribution >= 4 is 53.1 Å². The predicted octanol–water partition coefficient (Wildman–Crippen LogP) is 3.28. The molecule has 2 fully saturated rings. The van der Waals surface area contributed by atoms with E-state index < -0.39 is 0 Å². The van der Waals surface area contributed by atoms with E-state index in [0.717, 1.165) is 50.7 Å². The standard InChI is InChI=1S/C19H27ClN4O2.HI/c1-14-3-4-16(15(20)11-14)23-17(25)5-8-22-18(21-2)24-9-6-19(12-24)7-10-26-13-19;/h3-4,11H,5-10,12-13H2,1-2H3,(H,21,22)(H,23,25);1H. The molecule has 0 saturated carbocycles. The van der Waals surface area contributed by atoms with Crippen LogP contribution in [-0.2, 0) is 9.53 Å². The molecular weight excluding hydrogens is 479 g/mol. The summed E-state index contributed by atoms with van der Waals surface area (Å²) in [7, 11) is 1.78. The zero-order valence-electron chi connectivity index (χ0n) is 15.9. The van der Waals surface area contributed by atoms with Gasteiger partial charge >= 0.3 is 0 Å². The van der Waals surface area contributed by atoms with Gasteiger partial charge in [0, 0.05) is 45.1 Å². The highest BCUT2D eigenvalue weighted by molar-refractivity contribution is 14.0. The van der Waals surface area contributed by atoms with E-state index in [-0.39, 0.29) is 35.3 Å². The number of halogens is 2. The molecule has 1 spiro atoms. The number of aryl methyl sites for hydroxylation is 1. The monoisotopic (exact) mass is 506 g/mol. The molecule has 1 unspecified atom stereocenters. The van der Waals surface area contributed by atoms with Gasteiger partial charge in [-0.2, -0.15) is 0 Å². The molecule has 2 aliphatic heterocycles. The Morgan fingerprint density at radius 3 is 2.89 bits per heavy atom. The highest BCUT2D eigenvalue weighted by Gasteiger charge is 2.42. The van der Waals surface area contributed by atoms with Crippen LogP contribution in [0.3, 0.4) is 0 Å². The van der Waals surface area contributed by atoms with Gasteiger partial charge < -0.3 is 20.3 Å². The van der Waals surface area contributed by atoms with Gasteiger partial charge in [0.05, 0.1) is 17.3 Å². The van der Waals surface area contributed by atoms with Crippen molar-refractivity contribution in [2.24, 2.45) is 10.4 Å². The number of amides is 1. The zero-order valence-corrected chi connectivity index (χ0v) is 19.0. The second-order valence-corrected chi connectivity index (χ2v) is 7.64. The summed E-state index contributed by atoms with van der Waals surface area (Å²) < 4.78 is 5.58. The fraction of sp³-hybridized carbons (Fsp3) is 0.579. The van der Waals surface area contributed by atoms with E-state index in [9.17, 15) is 4.79 Å². The van der Waals surface area contributed by atoms with Crippen molar-refractivity contribution in [2.45, 2.75) is 26.2 Å². The van der Waals surface area contributed by atoms with Gasteiger partial charge in [0.2, 0.25) is 5.91 Å². The van der Waals surface area contributed by atoms with Crippen molar-refractivity contribution in [1.29, 1.82) is 0 Å². The molecule has 6 nitrogen and oxygen atoms in total. The smallest absolute Gasteiger partial charge is 0.226 e. The summed E-state index contributed by atoms with van der Waals surface area (Å²) in [4.78, 5) is 18.8. The van der Waals surface area contributed by atoms with Crippen LogP contribution in [0.15, 0.2) is 23.2 Å². The molecule has 0 radical (unpaired) electrons. The molecule has 2 aliphatic rings. The number of benzene rings is 1. The quantitative estimate of drug-likeness (QED) is 0.374. The van der Waals surface area contributed by atoms with Gasteiger partial charge in [0.1, 0.15) is 0 Å². The first-order valence-electron chi connectivity index (χ1n) is 9.11. The maximum absolute atomic E-state index is 12.2. The van der Waals surface area contributed by atoms with Crippen LogP contribution < -0.4 is 10.6 Å². The number of guanidine groups is 1. The molecule has 3 rings (SSSR count). The van der Waals surface area contributed by atoms with Crippen LogP contribution >= 0.6 is 35.6 Å². The molecule has 0 bridgehead atoms. The minimum Gasteiger partial charge on any atom is -0.381 e. The van der Waals surface area contributed by atoms with Crippen molar-refractivity contribution < 1.29 is 9.53 Å². The largest absolute Gasteiger partial charge is 0.381 e. The highest BCUT2D eigenvalue weighted by Crippen LogP contribution is 2.38. The van der Waals surface area contributed by atoms with E-state index in [0.29, 0.717) is 23.7 Å². The number of anilines is 1. The molecule has 8 heteroatoms. The number of ether oxygens (including phenoxy) is 1. The van der Waals surface area contributed by atoms with E-state index in [1.54, 1.807) is 7.05 Å². The van der Waals surface area contributed by atoms with Gasteiger partial charge in [0.25, 0.3) is 0 Å². The highest BCUT2D eigenvalue weighted by atomic mass is 127. The summed E-state index contributed by atoms with van der Waals surface area (Å²) in [5, 5.41) is 6.72. The topological polar surface area (TPSA) is 66.0 Å². The Kier molecular flexibility index (Phi) is 8.18. The summed E-state index contributed by atoms with van der Waals surface area (Å²) in [6.07, 6.45) is 2.62. The number of carbonyl (C=O) groups excluding carboxylic acids is 1. The SMILES string of the molecule is CN=C(NCCC(=O)Nc1ccc(C)cc1Cl)N1CCC2(CCOC2)C1.I. The molecule has 0 aliphatic carbocycles. The Morgan fingerprint density at radius 1 is 1.41 bits per heavy atom. The lowest BCUT2D eigenvalue weighted by atomic mass is 9.87. The summed E-state index contributed by atoms with van der Waals surface area (Å²) in [5.74, 6) is 0.788. The van der Waals surface area contributed by atoms with Crippen molar-refractivity contribution in [3.8, 4) is 0 Å². The lowest BCUT2D eigenvalue weighted by Crippen LogP contribution is -2.42. The van der Waals surface area contributed by atoms with Gasteiger partial charge in [-0.3, -0.25) is 9.79 Å². The third-order valence-corrected chi connectivity index (χ3v) is 5.48. The number of nitrogens with zero attached hydrogens (tertiary/aromatic N) is 2. The average molecular weight is 507 g/mol. The first-order chi connectivity index (χ1) is 12.5. The van der Waals surface area contributed by atoms with Gasteiger partial charge in [0.15, 0.2) is 5.96 Å². The van der Waals surface area contributed by atoms with Gasteiger partial charge in [-0.05, 0) is 37.5 Å². The Bertz CT molecular complexity index is 692. The summed E-state index contributed by atoms with van der Waals surface area (Å²) in [5.41, 5.74) is 2.00. The van der Waals surface area contributed by atoms with Crippen LogP contribution in [0.1, 0.15) is 24.8 Å². The predicted molar refractivity (Wildman–Crippen MR) is 120 cm³/mol. The van der Waals surface area contributed by atoms with Crippen LogP contribution in [0.4, 0.5) is 5.69 Å². The molecule has 0 aromatic heterocycles. The molecule has 2 heterocycles. The van der Waals surface area contributed by atoms with Crippen molar-refractivity contribution in [2.75, 3.05) is 45.2 Å². The fourth-order valence-corrected chi connectivity index (χ4v) is 3.92. The molecule has 2 N–H and O–H groups in total. The molecule has 1 amide bonds. The molecule has 150 valence electrons. The van der Waals surface area contributed by atoms with Gasteiger partial charge in [-0.1, -0.05) is 17.7 Å². The van der Waals surface area contributed by atoms with E-state index in [1.165, 1.54) is 0 Å². The third-order valence-electron chi connectivity index (χ3n) is 5.17. The van der Waals surface area contributed by atoms with E-state index in [1.807, 2.05) is 25.1 Å². The normalized spacial score (nSPS) is 22.0. The number of likely N-dealkylation sites (tertiary alicyclic amines) is 1. The summed E-state index contributed by atoms with van der Waals surface area (Å²) >= 11 is 6.16. The second-order valence-electron chi connectivity index (χ2n) is 7.23. The third kappa shape index (κ3) is 5.71. The van der Waals surface area contributed by atoms with E-state index in [4.69, 9.17) is 16.3 Å². The number of aliphatic imine (C=N–C) groups is 1. The van der Waals surface area contributed by atoms with Crippen molar-refractivity contribution in [1.82, 2.24) is 10.2 Å². The van der Waals surface area contributed by atoms with Crippen LogP contribution in [0, 0.1) is 12.3 Å². The summed E-state index contributed by atoms with van der Waals surface area (Å²) in [6, 6.07) is 5.60. The number of nitrogens with one attached hydrogen (secondary N) is 2.